The molecule has 0 heterocycles. The second-order valence-electron chi connectivity index (χ2n) is 6.78. The van der Waals surface area contributed by atoms with Crippen LogP contribution in [0.15, 0.2) is 75.2 Å². The number of carbonyl (C=O) groups excluding carboxylic acids is 1. The van der Waals surface area contributed by atoms with E-state index in [1.54, 1.807) is 24.3 Å². The molecule has 0 unspecified atom stereocenters. The first-order valence-electron chi connectivity index (χ1n) is 9.79. The molecule has 0 aromatic heterocycles. The fraction of sp³-hybridized carbons (Fsp3) is 0.120. The van der Waals surface area contributed by atoms with Gasteiger partial charge in [-0.15, -0.1) is 0 Å². The minimum absolute atomic E-state index is 0.0437. The lowest BCUT2D eigenvalue weighted by atomic mass is 10.0. The number of hydrogen-bond donors (Lipinski definition) is 1. The van der Waals surface area contributed by atoms with E-state index in [-0.39, 0.29) is 5.57 Å². The molecule has 1 N–H and O–H groups in total. The molecule has 0 atom stereocenters. The number of hydrogen-bond acceptors (Lipinski definition) is 3. The number of benzene rings is 3. The zero-order valence-electron chi connectivity index (χ0n) is 17.2. The Kier molecular flexibility index (Phi) is 8.52. The molecule has 3 aromatic carbocycles. The van der Waals surface area contributed by atoms with Crippen molar-refractivity contribution in [2.45, 2.75) is 13.3 Å². The molecule has 0 aliphatic carbocycles. The predicted octanol–water partition coefficient (Wildman–Crippen LogP) is 7.40. The third kappa shape index (κ3) is 6.01. The van der Waals surface area contributed by atoms with Crippen LogP contribution >= 0.6 is 43.5 Å². The number of ether oxygens (including phenoxy) is 1. The third-order valence-electron chi connectivity index (χ3n) is 4.60. The van der Waals surface area contributed by atoms with Crippen molar-refractivity contribution in [1.29, 1.82) is 5.26 Å². The Bertz CT molecular complexity index is 1220. The van der Waals surface area contributed by atoms with Gasteiger partial charge >= 0.3 is 0 Å². The number of halogens is 3. The second-order valence-corrected chi connectivity index (χ2v) is 8.90. The highest BCUT2D eigenvalue weighted by molar-refractivity contribution is 9.10. The largest absolute Gasteiger partial charge is 0.494 e. The first-order chi connectivity index (χ1) is 15.4. The topological polar surface area (TPSA) is 62.1 Å². The number of rotatable bonds is 7. The van der Waals surface area contributed by atoms with Crippen LogP contribution in [0.2, 0.25) is 5.02 Å². The minimum Gasteiger partial charge on any atom is -0.494 e. The van der Waals surface area contributed by atoms with Gasteiger partial charge in [-0.25, -0.2) is 0 Å². The van der Waals surface area contributed by atoms with Crippen LogP contribution in [0.4, 0.5) is 5.69 Å². The molecule has 3 rings (SSSR count). The van der Waals surface area contributed by atoms with Crippen LogP contribution in [-0.4, -0.2) is 12.5 Å². The van der Waals surface area contributed by atoms with Crippen molar-refractivity contribution >= 4 is 61.1 Å². The Morgan fingerprint density at radius 3 is 2.53 bits per heavy atom. The van der Waals surface area contributed by atoms with Gasteiger partial charge in [0.1, 0.15) is 17.4 Å². The minimum atomic E-state index is -0.535. The lowest BCUT2D eigenvalue weighted by Gasteiger charge is -2.15. The molecule has 0 aliphatic heterocycles. The summed E-state index contributed by atoms with van der Waals surface area (Å²) in [5.41, 5.74) is 3.17. The first kappa shape index (κ1) is 24.1. The Morgan fingerprint density at radius 2 is 1.84 bits per heavy atom. The molecule has 1 amide bonds. The van der Waals surface area contributed by atoms with E-state index < -0.39 is 5.91 Å². The molecule has 32 heavy (non-hydrogen) atoms. The second kappa shape index (κ2) is 11.3. The van der Waals surface area contributed by atoms with Gasteiger partial charge in [-0.2, -0.15) is 5.26 Å². The van der Waals surface area contributed by atoms with Crippen LogP contribution in [0.1, 0.15) is 23.6 Å². The summed E-state index contributed by atoms with van der Waals surface area (Å²) in [5, 5.41) is 12.6. The smallest absolute Gasteiger partial charge is 0.266 e. The van der Waals surface area contributed by atoms with Crippen LogP contribution in [0.5, 0.6) is 5.75 Å². The maximum absolute atomic E-state index is 12.6. The van der Waals surface area contributed by atoms with Gasteiger partial charge < -0.3 is 10.1 Å². The zero-order chi connectivity index (χ0) is 23.1. The highest BCUT2D eigenvalue weighted by Gasteiger charge is 2.15. The molecular weight excluding hydrogens is 556 g/mol. The van der Waals surface area contributed by atoms with E-state index in [1.165, 1.54) is 6.08 Å². The number of nitriles is 1. The van der Waals surface area contributed by atoms with Crippen molar-refractivity contribution in [3.05, 3.63) is 96.9 Å². The molecule has 0 fully saturated rings. The lowest BCUT2D eigenvalue weighted by molar-refractivity contribution is -0.112. The van der Waals surface area contributed by atoms with Crippen molar-refractivity contribution in [2.75, 3.05) is 11.9 Å². The molecule has 0 aliphatic rings. The zero-order valence-corrected chi connectivity index (χ0v) is 21.1. The molecular formula is C25H19Br2ClN2O2. The quantitative estimate of drug-likeness (QED) is 0.236. The molecule has 0 radical (unpaired) electrons. The molecule has 4 nitrogen and oxygen atoms in total. The van der Waals surface area contributed by atoms with Gasteiger partial charge in [-0.1, -0.05) is 73.8 Å². The normalized spacial score (nSPS) is 11.0. The van der Waals surface area contributed by atoms with E-state index in [0.717, 1.165) is 20.1 Å². The van der Waals surface area contributed by atoms with Crippen LogP contribution in [-0.2, 0) is 11.2 Å². The number of nitrogens with one attached hydrogen (secondary N) is 1. The number of para-hydroxylation sites is 1. The van der Waals surface area contributed by atoms with Crippen molar-refractivity contribution < 1.29 is 9.53 Å². The molecule has 162 valence electrons. The Balaban J connectivity index is 1.93. The van der Waals surface area contributed by atoms with Gasteiger partial charge in [0.2, 0.25) is 0 Å². The standard InChI is InChI=1S/C25H19Br2ClN2O2/c1-2-32-24-13-16(12-21(27)19(24)14-17-7-3-4-8-20(17)26)11-18(15-29)25(31)30-23-10-6-5-9-22(23)28/h3-13H,2,14H2,1H3,(H,30,31)/b18-11+. The van der Waals surface area contributed by atoms with Gasteiger partial charge in [-0.05, 0) is 54.5 Å². The molecule has 0 spiro atoms. The summed E-state index contributed by atoms with van der Waals surface area (Å²) in [6.45, 7) is 2.40. The molecule has 3 aromatic rings. The van der Waals surface area contributed by atoms with Crippen molar-refractivity contribution in [2.24, 2.45) is 0 Å². The average Bonchev–Trinajstić information content (AvgIpc) is 2.77. The number of nitrogens with zero attached hydrogens (tertiary/aromatic N) is 1. The van der Waals surface area contributed by atoms with E-state index >= 15 is 0 Å². The number of carbonyl (C=O) groups is 1. The number of anilines is 1. The van der Waals surface area contributed by atoms with E-state index in [1.807, 2.05) is 49.4 Å². The van der Waals surface area contributed by atoms with Crippen LogP contribution in [0.3, 0.4) is 0 Å². The molecule has 0 saturated carbocycles. The average molecular weight is 575 g/mol. The maximum Gasteiger partial charge on any atom is 0.266 e. The highest BCUT2D eigenvalue weighted by atomic mass is 79.9. The van der Waals surface area contributed by atoms with Crippen molar-refractivity contribution in [3.8, 4) is 11.8 Å². The summed E-state index contributed by atoms with van der Waals surface area (Å²) in [6, 6.07) is 20.5. The Labute approximate surface area is 209 Å². The molecule has 7 heteroatoms. The van der Waals surface area contributed by atoms with Gasteiger partial charge in [0, 0.05) is 20.9 Å². The first-order valence-corrected chi connectivity index (χ1v) is 11.8. The van der Waals surface area contributed by atoms with Gasteiger partial charge in [0.15, 0.2) is 0 Å². The monoisotopic (exact) mass is 572 g/mol. The van der Waals surface area contributed by atoms with Crippen LogP contribution in [0, 0.1) is 11.3 Å². The molecule has 0 bridgehead atoms. The fourth-order valence-corrected chi connectivity index (χ4v) is 4.28. The molecule has 0 saturated heterocycles. The maximum atomic E-state index is 12.6. The summed E-state index contributed by atoms with van der Waals surface area (Å²) >= 11 is 13.3. The summed E-state index contributed by atoms with van der Waals surface area (Å²) in [5.74, 6) is 0.152. The van der Waals surface area contributed by atoms with Crippen LogP contribution in [0.25, 0.3) is 6.08 Å². The predicted molar refractivity (Wildman–Crippen MR) is 136 cm³/mol. The van der Waals surface area contributed by atoms with Crippen LogP contribution < -0.4 is 10.1 Å². The Hall–Kier alpha value is -2.59. The Morgan fingerprint density at radius 1 is 1.12 bits per heavy atom. The van der Waals surface area contributed by atoms with E-state index in [0.29, 0.717) is 35.1 Å². The summed E-state index contributed by atoms with van der Waals surface area (Å²) in [4.78, 5) is 12.6. The van der Waals surface area contributed by atoms with Gasteiger partial charge in [-0.3, -0.25) is 4.79 Å². The summed E-state index contributed by atoms with van der Waals surface area (Å²) in [6.07, 6.45) is 2.18. The van der Waals surface area contributed by atoms with E-state index in [9.17, 15) is 10.1 Å². The lowest BCUT2D eigenvalue weighted by Crippen LogP contribution is -2.13. The van der Waals surface area contributed by atoms with Gasteiger partial charge in [0.25, 0.3) is 5.91 Å². The summed E-state index contributed by atoms with van der Waals surface area (Å²) in [7, 11) is 0. The highest BCUT2D eigenvalue weighted by Crippen LogP contribution is 2.34. The van der Waals surface area contributed by atoms with Crippen molar-refractivity contribution in [3.63, 3.8) is 0 Å². The van der Waals surface area contributed by atoms with Crippen molar-refractivity contribution in [1.82, 2.24) is 0 Å². The van der Waals surface area contributed by atoms with E-state index in [4.69, 9.17) is 16.3 Å². The third-order valence-corrected chi connectivity index (χ3v) is 6.41. The summed E-state index contributed by atoms with van der Waals surface area (Å²) < 4.78 is 7.73. The SMILES string of the molecule is CCOc1cc(/C=C(\C#N)C(=O)Nc2ccccc2Cl)cc(Br)c1Cc1ccccc1Br. The van der Waals surface area contributed by atoms with Gasteiger partial charge in [0.05, 0.1) is 17.3 Å². The fourth-order valence-electron chi connectivity index (χ4n) is 3.07. The number of amides is 1. The van der Waals surface area contributed by atoms with E-state index in [2.05, 4.69) is 37.2 Å².